The molecule has 0 N–H and O–H groups in total. The quantitative estimate of drug-likeness (QED) is 0.563. The average Bonchev–Trinajstić information content (AvgIpc) is 3.07. The Labute approximate surface area is 152 Å². The zero-order valence-corrected chi connectivity index (χ0v) is 15.1. The molecule has 2 heterocycles. The molecular formula is C20H23F2N4+. The molecule has 1 unspecified atom stereocenters. The molecule has 0 spiro atoms. The van der Waals surface area contributed by atoms with E-state index in [-0.39, 0.29) is 11.7 Å². The van der Waals surface area contributed by atoms with Gasteiger partial charge in [-0.3, -0.25) is 4.90 Å². The smallest absolute Gasteiger partial charge is 0.213 e. The summed E-state index contributed by atoms with van der Waals surface area (Å²) < 4.78 is 28.8. The third-order valence-electron chi connectivity index (χ3n) is 4.64. The van der Waals surface area contributed by atoms with E-state index in [1.807, 2.05) is 10.9 Å². The van der Waals surface area contributed by atoms with Gasteiger partial charge in [0, 0.05) is 11.8 Å². The maximum Gasteiger partial charge on any atom is 0.213 e. The molecule has 0 amide bonds. The van der Waals surface area contributed by atoms with Gasteiger partial charge in [-0.15, -0.1) is 0 Å². The molecule has 1 aliphatic heterocycles. The number of benzene rings is 1. The average molecular weight is 357 g/mol. The van der Waals surface area contributed by atoms with Crippen LogP contribution in [-0.4, -0.2) is 52.7 Å². The van der Waals surface area contributed by atoms with Gasteiger partial charge in [-0.1, -0.05) is 18.5 Å². The molecule has 0 bridgehead atoms. The molecule has 0 saturated heterocycles. The lowest BCUT2D eigenvalue weighted by Gasteiger charge is -2.14. The fourth-order valence-corrected chi connectivity index (χ4v) is 3.10. The first-order valence-corrected chi connectivity index (χ1v) is 8.90. The number of aromatic nitrogens is 1. The zero-order chi connectivity index (χ0) is 18.5. The molecule has 0 aliphatic carbocycles. The van der Waals surface area contributed by atoms with Crippen molar-refractivity contribution in [1.29, 1.82) is 0 Å². The van der Waals surface area contributed by atoms with Crippen molar-refractivity contribution in [2.24, 2.45) is 5.10 Å². The highest BCUT2D eigenvalue weighted by atomic mass is 19.1. The second kappa shape index (κ2) is 8.27. The molecule has 0 radical (unpaired) electrons. The molecule has 6 heteroatoms. The molecule has 2 aromatic rings. The SMILES string of the molecule is CCN(CC)CC[N+]1=CC(c2ccnc(F)c2)C(c2ccc(F)cc2)=N1. The Morgan fingerprint density at radius 2 is 1.81 bits per heavy atom. The Morgan fingerprint density at radius 1 is 1.08 bits per heavy atom. The van der Waals surface area contributed by atoms with Crippen molar-refractivity contribution in [3.8, 4) is 0 Å². The number of hydrazone groups is 1. The van der Waals surface area contributed by atoms with Gasteiger partial charge in [0.1, 0.15) is 17.4 Å². The van der Waals surface area contributed by atoms with E-state index in [1.54, 1.807) is 18.2 Å². The van der Waals surface area contributed by atoms with Crippen LogP contribution in [-0.2, 0) is 0 Å². The van der Waals surface area contributed by atoms with Gasteiger partial charge < -0.3 is 0 Å². The van der Waals surface area contributed by atoms with Crippen LogP contribution in [0.15, 0.2) is 47.7 Å². The Morgan fingerprint density at radius 3 is 2.46 bits per heavy atom. The van der Waals surface area contributed by atoms with E-state index in [1.165, 1.54) is 24.4 Å². The summed E-state index contributed by atoms with van der Waals surface area (Å²) in [5.41, 5.74) is 2.40. The van der Waals surface area contributed by atoms with Crippen molar-refractivity contribution < 1.29 is 13.5 Å². The van der Waals surface area contributed by atoms with Crippen LogP contribution >= 0.6 is 0 Å². The predicted octanol–water partition coefficient (Wildman–Crippen LogP) is 3.29. The second-order valence-corrected chi connectivity index (χ2v) is 6.22. The summed E-state index contributed by atoms with van der Waals surface area (Å²) in [4.78, 5) is 5.95. The van der Waals surface area contributed by atoms with Gasteiger partial charge in [-0.2, -0.15) is 4.39 Å². The summed E-state index contributed by atoms with van der Waals surface area (Å²) >= 11 is 0. The van der Waals surface area contributed by atoms with E-state index in [2.05, 4.69) is 23.7 Å². The monoisotopic (exact) mass is 357 g/mol. The van der Waals surface area contributed by atoms with Crippen molar-refractivity contribution in [2.75, 3.05) is 26.2 Å². The van der Waals surface area contributed by atoms with E-state index in [9.17, 15) is 8.78 Å². The van der Waals surface area contributed by atoms with E-state index < -0.39 is 5.95 Å². The number of pyridine rings is 1. The van der Waals surface area contributed by atoms with E-state index in [4.69, 9.17) is 5.10 Å². The van der Waals surface area contributed by atoms with Crippen LogP contribution in [0.2, 0.25) is 0 Å². The van der Waals surface area contributed by atoms with Crippen LogP contribution < -0.4 is 0 Å². The van der Waals surface area contributed by atoms with Gasteiger partial charge in [0.15, 0.2) is 12.8 Å². The minimum Gasteiger partial charge on any atom is -0.298 e. The lowest BCUT2D eigenvalue weighted by Crippen LogP contribution is -2.29. The summed E-state index contributed by atoms with van der Waals surface area (Å²) in [5.74, 6) is -0.994. The fourth-order valence-electron chi connectivity index (χ4n) is 3.10. The number of rotatable bonds is 7. The highest BCUT2D eigenvalue weighted by Crippen LogP contribution is 2.24. The standard InChI is InChI=1S/C20H23F2N4/c1-3-25(4-2)11-12-26-14-18(16-9-10-23-19(22)13-16)20(24-26)15-5-7-17(21)8-6-15/h5-10,13-14,18H,3-4,11-12H2,1-2H3/q+1. The van der Waals surface area contributed by atoms with Crippen molar-refractivity contribution >= 4 is 11.9 Å². The number of hydrogen-bond donors (Lipinski definition) is 0. The largest absolute Gasteiger partial charge is 0.298 e. The van der Waals surface area contributed by atoms with Crippen molar-refractivity contribution in [1.82, 2.24) is 9.88 Å². The van der Waals surface area contributed by atoms with Crippen LogP contribution in [0.25, 0.3) is 0 Å². The van der Waals surface area contributed by atoms with Crippen molar-refractivity contribution in [2.45, 2.75) is 19.8 Å². The van der Waals surface area contributed by atoms with Gasteiger partial charge >= 0.3 is 0 Å². The molecular weight excluding hydrogens is 334 g/mol. The Hall–Kier alpha value is -2.47. The first kappa shape index (κ1) is 18.3. The maximum atomic E-state index is 13.6. The van der Waals surface area contributed by atoms with Gasteiger partial charge in [-0.05, 0) is 60.2 Å². The van der Waals surface area contributed by atoms with Gasteiger partial charge in [0.25, 0.3) is 0 Å². The number of likely N-dealkylation sites (N-methyl/N-ethyl adjacent to an activating group) is 1. The Kier molecular flexibility index (Phi) is 5.83. The minimum absolute atomic E-state index is 0.185. The van der Waals surface area contributed by atoms with Crippen LogP contribution in [0.1, 0.15) is 30.9 Å². The third-order valence-corrected chi connectivity index (χ3v) is 4.64. The molecule has 1 atom stereocenters. The van der Waals surface area contributed by atoms with Crippen LogP contribution in [0.5, 0.6) is 0 Å². The summed E-state index contributed by atoms with van der Waals surface area (Å²) in [6.45, 7) is 7.87. The summed E-state index contributed by atoms with van der Waals surface area (Å²) in [6.07, 6.45) is 3.45. The van der Waals surface area contributed by atoms with Crippen LogP contribution in [0.3, 0.4) is 0 Å². The predicted molar refractivity (Wildman–Crippen MR) is 98.9 cm³/mol. The first-order valence-electron chi connectivity index (χ1n) is 8.90. The number of halogens is 2. The number of hydrogen-bond acceptors (Lipinski definition) is 3. The lowest BCUT2D eigenvalue weighted by atomic mass is 9.92. The molecule has 1 aromatic heterocycles. The molecule has 136 valence electrons. The van der Waals surface area contributed by atoms with Gasteiger partial charge in [0.05, 0.1) is 6.54 Å². The molecule has 1 aliphatic rings. The first-order chi connectivity index (χ1) is 12.6. The highest BCUT2D eigenvalue weighted by Gasteiger charge is 2.31. The molecule has 4 nitrogen and oxygen atoms in total. The van der Waals surface area contributed by atoms with Crippen molar-refractivity contribution in [3.63, 3.8) is 0 Å². The van der Waals surface area contributed by atoms with Crippen LogP contribution in [0.4, 0.5) is 8.78 Å². The van der Waals surface area contributed by atoms with Gasteiger partial charge in [0.2, 0.25) is 5.95 Å². The summed E-state index contributed by atoms with van der Waals surface area (Å²) in [6, 6.07) is 9.47. The Bertz CT molecular complexity index is 811. The van der Waals surface area contributed by atoms with Gasteiger partial charge in [-0.25, -0.2) is 9.37 Å². The lowest BCUT2D eigenvalue weighted by molar-refractivity contribution is -0.526. The Balaban J connectivity index is 1.90. The fraction of sp³-hybridized carbons (Fsp3) is 0.350. The van der Waals surface area contributed by atoms with E-state index in [0.717, 1.165) is 43.0 Å². The van der Waals surface area contributed by atoms with Crippen molar-refractivity contribution in [3.05, 3.63) is 65.5 Å². The highest BCUT2D eigenvalue weighted by molar-refractivity contribution is 6.13. The summed E-state index contributed by atoms with van der Waals surface area (Å²) in [7, 11) is 0. The van der Waals surface area contributed by atoms with E-state index in [0.29, 0.717) is 0 Å². The van der Waals surface area contributed by atoms with Crippen LogP contribution in [0, 0.1) is 11.8 Å². The molecule has 26 heavy (non-hydrogen) atoms. The maximum absolute atomic E-state index is 13.6. The topological polar surface area (TPSA) is 31.5 Å². The third kappa shape index (κ3) is 4.19. The number of nitrogens with zero attached hydrogens (tertiary/aromatic N) is 4. The summed E-state index contributed by atoms with van der Waals surface area (Å²) in [5, 5.41) is 4.72. The second-order valence-electron chi connectivity index (χ2n) is 6.22. The molecule has 0 fully saturated rings. The molecule has 0 saturated carbocycles. The molecule has 1 aromatic carbocycles. The minimum atomic E-state index is -0.518. The van der Waals surface area contributed by atoms with E-state index >= 15 is 0 Å². The molecule has 3 rings (SSSR count). The zero-order valence-electron chi connectivity index (χ0n) is 15.1. The normalized spacial score (nSPS) is 16.7.